The lowest BCUT2D eigenvalue weighted by Gasteiger charge is -2.26. The maximum Gasteiger partial charge on any atom is 0.338 e. The molecule has 0 unspecified atom stereocenters. The molecule has 0 spiro atoms. The zero-order valence-corrected chi connectivity index (χ0v) is 32.5. The van der Waals surface area contributed by atoms with E-state index in [4.69, 9.17) is 23.9 Å². The van der Waals surface area contributed by atoms with E-state index in [1.165, 1.54) is 18.4 Å². The van der Waals surface area contributed by atoms with Crippen LogP contribution < -0.4 is 29.1 Å². The number of allylic oxidation sites excluding steroid dienone is 1. The van der Waals surface area contributed by atoms with Gasteiger partial charge in [-0.2, -0.15) is 0 Å². The fourth-order valence-electron chi connectivity index (χ4n) is 5.71. The Kier molecular flexibility index (Phi) is 10.4. The summed E-state index contributed by atoms with van der Waals surface area (Å²) >= 11 is 10.8. The summed E-state index contributed by atoms with van der Waals surface area (Å²) in [6, 6.07) is 20.9. The normalized spacial score (nSPS) is 14.5. The van der Waals surface area contributed by atoms with Crippen molar-refractivity contribution in [3.05, 3.63) is 127 Å². The largest absolute Gasteiger partial charge is 0.493 e. The molecule has 4 aromatic carbocycles. The number of thiazole rings is 1. The first-order chi connectivity index (χ1) is 23.1. The van der Waals surface area contributed by atoms with E-state index in [1.807, 2.05) is 36.4 Å². The van der Waals surface area contributed by atoms with Crippen molar-refractivity contribution in [1.29, 1.82) is 0 Å². The Labute approximate surface area is 311 Å². The monoisotopic (exact) mass is 902 g/mol. The van der Waals surface area contributed by atoms with Crippen LogP contribution in [0.1, 0.15) is 36.6 Å². The number of rotatable bonds is 9. The van der Waals surface area contributed by atoms with Gasteiger partial charge in [-0.15, -0.1) is 0 Å². The SMILES string of the molecule is CCOC(=O)C1=C(C)N=c2s/c(=C\c3cc(Br)cc(I)c3OCc3cccc4ccccc34)c(=O)n2[C@H]1c1cc(OC)c(OC)cc1Br. The van der Waals surface area contributed by atoms with E-state index < -0.39 is 12.0 Å². The average molecular weight is 904 g/mol. The van der Waals surface area contributed by atoms with Gasteiger partial charge in [0.1, 0.15) is 12.4 Å². The molecule has 246 valence electrons. The Bertz CT molecular complexity index is 2290. The van der Waals surface area contributed by atoms with Crippen LogP contribution in [0.3, 0.4) is 0 Å². The first-order valence-corrected chi connectivity index (χ1v) is 18.3. The van der Waals surface area contributed by atoms with Crippen molar-refractivity contribution in [2.45, 2.75) is 26.5 Å². The number of hydrogen-bond donors (Lipinski definition) is 0. The van der Waals surface area contributed by atoms with Crippen LogP contribution in [0.5, 0.6) is 17.2 Å². The van der Waals surface area contributed by atoms with Crippen LogP contribution in [0.15, 0.2) is 96.7 Å². The van der Waals surface area contributed by atoms with E-state index in [1.54, 1.807) is 37.7 Å². The van der Waals surface area contributed by atoms with Gasteiger partial charge in [-0.05, 0) is 88.7 Å². The van der Waals surface area contributed by atoms with Gasteiger partial charge in [0.2, 0.25) is 0 Å². The van der Waals surface area contributed by atoms with E-state index in [0.717, 1.165) is 29.9 Å². The molecule has 48 heavy (non-hydrogen) atoms. The molecule has 8 nitrogen and oxygen atoms in total. The molecule has 2 heterocycles. The highest BCUT2D eigenvalue weighted by Gasteiger charge is 2.35. The van der Waals surface area contributed by atoms with Crippen LogP contribution in [-0.2, 0) is 16.1 Å². The van der Waals surface area contributed by atoms with Gasteiger partial charge in [0.25, 0.3) is 5.56 Å². The number of carbonyl (C=O) groups excluding carboxylic acids is 1. The maximum atomic E-state index is 14.4. The second-order valence-corrected chi connectivity index (χ2v) is 14.7. The Morgan fingerprint density at radius 3 is 2.52 bits per heavy atom. The molecule has 1 aliphatic heterocycles. The molecule has 0 N–H and O–H groups in total. The first kappa shape index (κ1) is 34.4. The summed E-state index contributed by atoms with van der Waals surface area (Å²) in [4.78, 5) is 33.0. The molecule has 0 bridgehead atoms. The Hall–Kier alpha value is -3.46. The summed E-state index contributed by atoms with van der Waals surface area (Å²) < 4.78 is 27.4. The van der Waals surface area contributed by atoms with Gasteiger partial charge in [-0.3, -0.25) is 9.36 Å². The number of halogens is 3. The molecule has 0 aliphatic carbocycles. The number of carbonyl (C=O) groups is 1. The zero-order valence-electron chi connectivity index (χ0n) is 26.3. The summed E-state index contributed by atoms with van der Waals surface area (Å²) in [6.45, 7) is 4.00. The predicted molar refractivity (Wildman–Crippen MR) is 203 cm³/mol. The van der Waals surface area contributed by atoms with E-state index >= 15 is 0 Å². The van der Waals surface area contributed by atoms with Gasteiger partial charge in [-0.1, -0.05) is 85.7 Å². The molecule has 6 rings (SSSR count). The molecule has 0 fully saturated rings. The fourth-order valence-corrected chi connectivity index (χ4v) is 9.00. The van der Waals surface area contributed by atoms with Crippen molar-refractivity contribution in [2.24, 2.45) is 4.99 Å². The molecule has 12 heteroatoms. The molecule has 1 aromatic heterocycles. The summed E-state index contributed by atoms with van der Waals surface area (Å²) in [5.74, 6) is 1.05. The minimum absolute atomic E-state index is 0.170. The Morgan fingerprint density at radius 1 is 1.04 bits per heavy atom. The third-order valence-corrected chi connectivity index (χ3v) is 10.8. The summed E-state index contributed by atoms with van der Waals surface area (Å²) in [6.07, 6.45) is 1.82. The van der Waals surface area contributed by atoms with Crippen LogP contribution in [-0.4, -0.2) is 31.4 Å². The smallest absolute Gasteiger partial charge is 0.338 e. The molecule has 1 atom stereocenters. The molecule has 1 aliphatic rings. The van der Waals surface area contributed by atoms with Crippen LogP contribution in [0.2, 0.25) is 0 Å². The number of hydrogen-bond acceptors (Lipinski definition) is 8. The van der Waals surface area contributed by atoms with Gasteiger partial charge < -0.3 is 18.9 Å². The second-order valence-electron chi connectivity index (χ2n) is 10.8. The highest BCUT2D eigenvalue weighted by Crippen LogP contribution is 2.41. The third kappa shape index (κ3) is 6.59. The van der Waals surface area contributed by atoms with E-state index in [2.05, 4.69) is 78.7 Å². The number of methoxy groups -OCH3 is 2. The molecule has 0 radical (unpaired) electrons. The zero-order chi connectivity index (χ0) is 34.1. The van der Waals surface area contributed by atoms with Gasteiger partial charge in [0, 0.05) is 14.5 Å². The number of aromatic nitrogens is 1. The van der Waals surface area contributed by atoms with E-state index in [-0.39, 0.29) is 17.7 Å². The van der Waals surface area contributed by atoms with E-state index in [9.17, 15) is 9.59 Å². The predicted octanol–water partition coefficient (Wildman–Crippen LogP) is 7.68. The minimum atomic E-state index is -0.846. The van der Waals surface area contributed by atoms with Crippen molar-refractivity contribution in [3.8, 4) is 17.2 Å². The number of ether oxygens (including phenoxy) is 4. The van der Waals surface area contributed by atoms with Crippen molar-refractivity contribution in [3.63, 3.8) is 0 Å². The molecular weight excluding hydrogens is 875 g/mol. The van der Waals surface area contributed by atoms with Crippen LogP contribution >= 0.6 is 65.8 Å². The molecular formula is C36H29Br2IN2O6S. The fraction of sp³-hybridized carbons (Fsp3) is 0.194. The van der Waals surface area contributed by atoms with Crippen molar-refractivity contribution in [1.82, 2.24) is 4.57 Å². The average Bonchev–Trinajstić information content (AvgIpc) is 3.37. The Balaban J connectivity index is 1.50. The second kappa shape index (κ2) is 14.6. The topological polar surface area (TPSA) is 88.4 Å². The molecule has 0 saturated carbocycles. The Morgan fingerprint density at radius 2 is 1.77 bits per heavy atom. The lowest BCUT2D eigenvalue weighted by Crippen LogP contribution is -2.40. The lowest BCUT2D eigenvalue weighted by atomic mass is 9.95. The van der Waals surface area contributed by atoms with Gasteiger partial charge in [-0.25, -0.2) is 9.79 Å². The number of fused-ring (bicyclic) bond motifs is 2. The maximum absolute atomic E-state index is 14.4. The van der Waals surface area contributed by atoms with Crippen LogP contribution in [0.4, 0.5) is 0 Å². The van der Waals surface area contributed by atoms with Gasteiger partial charge >= 0.3 is 5.97 Å². The minimum Gasteiger partial charge on any atom is -0.493 e. The number of esters is 1. The number of nitrogens with zero attached hydrogens (tertiary/aromatic N) is 2. The van der Waals surface area contributed by atoms with Crippen LogP contribution in [0, 0.1) is 3.57 Å². The van der Waals surface area contributed by atoms with E-state index in [0.29, 0.717) is 48.9 Å². The molecule has 5 aromatic rings. The van der Waals surface area contributed by atoms with Gasteiger partial charge in [0.05, 0.1) is 46.2 Å². The highest BCUT2D eigenvalue weighted by molar-refractivity contribution is 14.1. The highest BCUT2D eigenvalue weighted by atomic mass is 127. The summed E-state index contributed by atoms with van der Waals surface area (Å²) in [7, 11) is 3.08. The summed E-state index contributed by atoms with van der Waals surface area (Å²) in [5, 5.41) is 2.26. The van der Waals surface area contributed by atoms with Crippen molar-refractivity contribution >= 4 is 88.6 Å². The molecule has 0 saturated heterocycles. The van der Waals surface area contributed by atoms with Crippen molar-refractivity contribution in [2.75, 3.05) is 20.8 Å². The quantitative estimate of drug-likeness (QED) is 0.112. The van der Waals surface area contributed by atoms with Crippen LogP contribution in [0.25, 0.3) is 16.8 Å². The van der Waals surface area contributed by atoms with Crippen molar-refractivity contribution < 1.29 is 23.7 Å². The lowest BCUT2D eigenvalue weighted by molar-refractivity contribution is -0.139. The molecule has 0 amide bonds. The third-order valence-electron chi connectivity index (χ3n) is 7.89. The number of benzene rings is 4. The first-order valence-electron chi connectivity index (χ1n) is 14.8. The standard InChI is InChI=1S/C36H29Br2IN2O6S/c1-5-46-35(43)31-19(2)40-36-41(32(31)25-16-28(44-3)29(45-4)17-26(25)38)34(42)30(48-36)14-22-13-23(37)15-27(39)33(22)47-18-21-11-8-10-20-9-6-7-12-24(20)21/h6-17,32H,5,18H2,1-4H3/b30-14-/t32-/m0/s1. The van der Waals surface area contributed by atoms with Gasteiger partial charge in [0.15, 0.2) is 16.3 Å². The summed E-state index contributed by atoms with van der Waals surface area (Å²) in [5.41, 5.74) is 2.82.